The van der Waals surface area contributed by atoms with Crippen LogP contribution in [0.3, 0.4) is 0 Å². The first-order valence-corrected chi connectivity index (χ1v) is 9.80. The van der Waals surface area contributed by atoms with E-state index in [1.807, 2.05) is 12.2 Å². The van der Waals surface area contributed by atoms with Crippen LogP contribution in [0.5, 0.6) is 0 Å². The van der Waals surface area contributed by atoms with Crippen molar-refractivity contribution in [2.75, 3.05) is 6.61 Å². The van der Waals surface area contributed by atoms with Gasteiger partial charge in [-0.2, -0.15) is 0 Å². The Hall–Kier alpha value is -2.83. The molecule has 4 rings (SSSR count). The first-order valence-electron chi connectivity index (χ1n) is 9.80. The number of amides is 2. The van der Waals surface area contributed by atoms with E-state index < -0.39 is 42.1 Å². The third-order valence-corrected chi connectivity index (χ3v) is 6.17. The maximum absolute atomic E-state index is 13.0. The highest BCUT2D eigenvalue weighted by Crippen LogP contribution is 2.53. The fourth-order valence-corrected chi connectivity index (χ4v) is 4.82. The van der Waals surface area contributed by atoms with Crippen LogP contribution in [0.4, 0.5) is 4.39 Å². The largest absolute Gasteiger partial charge is 0.456 e. The molecule has 1 aromatic rings. The van der Waals surface area contributed by atoms with Gasteiger partial charge < -0.3 is 4.74 Å². The molecule has 29 heavy (non-hydrogen) atoms. The fraction of sp³-hybridized carbons (Fsp3) is 0.455. The standard InChI is InChI=1S/C22H22FNO5/c1-11(2)19(22(28)29-10-16(25)12-5-7-15(23)8-6-12)24-20(26)17-13-3-4-14(9-13)18(17)21(24)27/h3-8,11,13-14,17-19H,9-10H2,1-2H3/t13-,14-,17-,18-,19+/m0/s1. The van der Waals surface area contributed by atoms with Crippen molar-refractivity contribution in [1.29, 1.82) is 0 Å². The second kappa shape index (κ2) is 7.21. The number of ether oxygens (including phenoxy) is 1. The van der Waals surface area contributed by atoms with Gasteiger partial charge in [-0.3, -0.25) is 19.3 Å². The van der Waals surface area contributed by atoms with Gasteiger partial charge in [0.25, 0.3) is 0 Å². The first kappa shape index (κ1) is 19.5. The van der Waals surface area contributed by atoms with Crippen LogP contribution in [0.25, 0.3) is 0 Å². The average molecular weight is 399 g/mol. The average Bonchev–Trinajstić information content (AvgIpc) is 3.36. The molecule has 0 spiro atoms. The number of hydrogen-bond acceptors (Lipinski definition) is 5. The molecule has 2 aliphatic carbocycles. The van der Waals surface area contributed by atoms with Gasteiger partial charge in [0.1, 0.15) is 11.9 Å². The summed E-state index contributed by atoms with van der Waals surface area (Å²) in [4.78, 5) is 52.0. The topological polar surface area (TPSA) is 80.8 Å². The van der Waals surface area contributed by atoms with E-state index in [9.17, 15) is 23.6 Å². The molecule has 0 radical (unpaired) electrons. The van der Waals surface area contributed by atoms with Crippen molar-refractivity contribution in [2.45, 2.75) is 26.3 Å². The van der Waals surface area contributed by atoms with Gasteiger partial charge in [0.15, 0.2) is 12.4 Å². The summed E-state index contributed by atoms with van der Waals surface area (Å²) in [5.74, 6) is -3.43. The molecule has 0 N–H and O–H groups in total. The number of esters is 1. The predicted octanol–water partition coefficient (Wildman–Crippen LogP) is 2.38. The number of hydrogen-bond donors (Lipinski definition) is 0. The third kappa shape index (κ3) is 3.18. The van der Waals surface area contributed by atoms with Gasteiger partial charge in [-0.25, -0.2) is 9.18 Å². The van der Waals surface area contributed by atoms with Crippen LogP contribution >= 0.6 is 0 Å². The number of ketones is 1. The van der Waals surface area contributed by atoms with Gasteiger partial charge in [-0.15, -0.1) is 0 Å². The lowest BCUT2D eigenvalue weighted by Crippen LogP contribution is -2.50. The Bertz CT molecular complexity index is 876. The summed E-state index contributed by atoms with van der Waals surface area (Å²) in [6.45, 7) is 2.92. The minimum atomic E-state index is -1.07. The van der Waals surface area contributed by atoms with E-state index in [-0.39, 0.29) is 35.1 Å². The lowest BCUT2D eigenvalue weighted by molar-refractivity contribution is -0.160. The number of allylic oxidation sites excluding steroid dienone is 2. The summed E-state index contributed by atoms with van der Waals surface area (Å²) in [5.41, 5.74) is 0.214. The molecular formula is C22H22FNO5. The highest BCUT2D eigenvalue weighted by atomic mass is 19.1. The molecule has 0 unspecified atom stereocenters. The Labute approximate surface area is 167 Å². The molecule has 0 aromatic heterocycles. The summed E-state index contributed by atoms with van der Waals surface area (Å²) in [6, 6.07) is 3.84. The second-order valence-corrected chi connectivity index (χ2v) is 8.27. The molecule has 7 heteroatoms. The Morgan fingerprint density at radius 2 is 1.62 bits per heavy atom. The van der Waals surface area contributed by atoms with Crippen molar-refractivity contribution >= 4 is 23.6 Å². The van der Waals surface area contributed by atoms with Crippen molar-refractivity contribution < 1.29 is 28.3 Å². The Kier molecular flexibility index (Phi) is 4.84. The molecule has 1 aliphatic heterocycles. The van der Waals surface area contributed by atoms with Crippen molar-refractivity contribution in [3.8, 4) is 0 Å². The Balaban J connectivity index is 1.47. The maximum Gasteiger partial charge on any atom is 0.330 e. The molecule has 152 valence electrons. The van der Waals surface area contributed by atoms with Crippen LogP contribution in [0.15, 0.2) is 36.4 Å². The zero-order valence-corrected chi connectivity index (χ0v) is 16.2. The number of halogens is 1. The Morgan fingerprint density at radius 3 is 2.14 bits per heavy atom. The molecule has 2 amide bonds. The number of Topliss-reactive ketones (excluding diaryl/α,β-unsaturated/α-hetero) is 1. The van der Waals surface area contributed by atoms with Crippen LogP contribution in [0.1, 0.15) is 30.6 Å². The lowest BCUT2D eigenvalue weighted by atomic mass is 9.85. The minimum Gasteiger partial charge on any atom is -0.456 e. The van der Waals surface area contributed by atoms with E-state index in [0.29, 0.717) is 0 Å². The van der Waals surface area contributed by atoms with Crippen LogP contribution in [-0.2, 0) is 19.1 Å². The van der Waals surface area contributed by atoms with Gasteiger partial charge >= 0.3 is 5.97 Å². The number of carbonyl (C=O) groups is 4. The smallest absolute Gasteiger partial charge is 0.330 e. The number of rotatable bonds is 6. The zero-order valence-electron chi connectivity index (χ0n) is 16.2. The van der Waals surface area contributed by atoms with E-state index in [1.165, 1.54) is 12.1 Å². The molecule has 1 saturated heterocycles. The fourth-order valence-electron chi connectivity index (χ4n) is 4.82. The summed E-state index contributed by atoms with van der Waals surface area (Å²) < 4.78 is 18.2. The van der Waals surface area contributed by atoms with E-state index in [0.717, 1.165) is 23.5 Å². The molecule has 2 fully saturated rings. The summed E-state index contributed by atoms with van der Waals surface area (Å²) in [6.07, 6.45) is 4.79. The summed E-state index contributed by atoms with van der Waals surface area (Å²) >= 11 is 0. The quantitative estimate of drug-likeness (QED) is 0.318. The maximum atomic E-state index is 13.0. The van der Waals surface area contributed by atoms with E-state index in [4.69, 9.17) is 4.74 Å². The zero-order chi connectivity index (χ0) is 20.9. The second-order valence-electron chi connectivity index (χ2n) is 8.27. The third-order valence-electron chi connectivity index (χ3n) is 6.17. The van der Waals surface area contributed by atoms with Crippen LogP contribution in [0.2, 0.25) is 0 Å². The van der Waals surface area contributed by atoms with Crippen molar-refractivity contribution in [1.82, 2.24) is 4.90 Å². The van der Waals surface area contributed by atoms with E-state index in [2.05, 4.69) is 0 Å². The number of imide groups is 1. The monoisotopic (exact) mass is 399 g/mol. The normalized spacial score (nSPS) is 28.2. The van der Waals surface area contributed by atoms with Crippen LogP contribution in [-0.4, -0.2) is 41.1 Å². The number of benzene rings is 1. The molecule has 3 aliphatic rings. The molecule has 1 heterocycles. The molecule has 6 nitrogen and oxygen atoms in total. The van der Waals surface area contributed by atoms with E-state index >= 15 is 0 Å². The first-order chi connectivity index (χ1) is 13.8. The van der Waals surface area contributed by atoms with Crippen molar-refractivity contribution in [3.05, 3.63) is 47.8 Å². The predicted molar refractivity (Wildman–Crippen MR) is 99.9 cm³/mol. The van der Waals surface area contributed by atoms with E-state index in [1.54, 1.807) is 13.8 Å². The molecule has 1 aromatic carbocycles. The number of carbonyl (C=O) groups excluding carboxylic acids is 4. The van der Waals surface area contributed by atoms with Crippen LogP contribution in [0, 0.1) is 35.4 Å². The summed E-state index contributed by atoms with van der Waals surface area (Å²) in [5, 5.41) is 0. The number of fused-ring (bicyclic) bond motifs is 5. The highest BCUT2D eigenvalue weighted by Gasteiger charge is 2.61. The SMILES string of the molecule is CC(C)[C@H](C(=O)OCC(=O)c1ccc(F)cc1)N1C(=O)[C@@H]2[C@@H](C1=O)[C@H]1C=C[C@H]2C1. The number of likely N-dealkylation sites (tertiary alicyclic amines) is 1. The Morgan fingerprint density at radius 1 is 1.07 bits per heavy atom. The van der Waals surface area contributed by atoms with Gasteiger partial charge in [0, 0.05) is 5.56 Å². The van der Waals surface area contributed by atoms with Gasteiger partial charge in [0.05, 0.1) is 11.8 Å². The van der Waals surface area contributed by atoms with Gasteiger partial charge in [0.2, 0.25) is 11.8 Å². The van der Waals surface area contributed by atoms with Crippen molar-refractivity contribution in [3.63, 3.8) is 0 Å². The minimum absolute atomic E-state index is 0.0512. The van der Waals surface area contributed by atoms with Crippen LogP contribution < -0.4 is 0 Å². The van der Waals surface area contributed by atoms with Crippen molar-refractivity contribution in [2.24, 2.45) is 29.6 Å². The lowest BCUT2D eigenvalue weighted by Gasteiger charge is -2.28. The summed E-state index contributed by atoms with van der Waals surface area (Å²) in [7, 11) is 0. The molecular weight excluding hydrogens is 377 g/mol. The molecule has 2 bridgehead atoms. The molecule has 5 atom stereocenters. The van der Waals surface area contributed by atoms with Gasteiger partial charge in [-0.1, -0.05) is 26.0 Å². The highest BCUT2D eigenvalue weighted by molar-refractivity contribution is 6.09. The number of nitrogens with zero attached hydrogens (tertiary/aromatic N) is 1. The molecule has 1 saturated carbocycles. The van der Waals surface area contributed by atoms with Gasteiger partial charge in [-0.05, 0) is 48.4 Å².